The van der Waals surface area contributed by atoms with E-state index in [1.54, 1.807) is 11.2 Å². The van der Waals surface area contributed by atoms with Gasteiger partial charge in [0.15, 0.2) is 6.39 Å². The first-order valence-electron chi connectivity index (χ1n) is 8.43. The molecule has 0 aliphatic carbocycles. The van der Waals surface area contributed by atoms with Gasteiger partial charge in [-0.05, 0) is 24.6 Å². The van der Waals surface area contributed by atoms with Crippen LogP contribution >= 0.6 is 0 Å². The Hall–Kier alpha value is -3.35. The minimum atomic E-state index is -0.408. The van der Waals surface area contributed by atoms with Gasteiger partial charge in [0.1, 0.15) is 17.4 Å². The number of nitrogens with zero attached hydrogens (tertiary/aromatic N) is 3. The van der Waals surface area contributed by atoms with Crippen LogP contribution in [-0.2, 0) is 6.42 Å². The normalized spacial score (nSPS) is 16.8. The Bertz CT molecular complexity index is 1090. The SMILES string of the molecule is Cc1cccc2oc([C@@H]3c4nc[nH]c4CCN3C(=O)c3cnco3)cc12. The molecule has 1 aromatic carbocycles. The number of H-pyrrole nitrogens is 1. The number of aryl methyl sites for hydroxylation is 1. The van der Waals surface area contributed by atoms with Crippen LogP contribution in [0, 0.1) is 6.92 Å². The number of aromatic amines is 1. The number of hydrogen-bond donors (Lipinski definition) is 1. The van der Waals surface area contributed by atoms with Crippen LogP contribution in [0.5, 0.6) is 0 Å². The lowest BCUT2D eigenvalue weighted by Crippen LogP contribution is -2.40. The van der Waals surface area contributed by atoms with E-state index >= 15 is 0 Å². The third-order valence-corrected chi connectivity index (χ3v) is 4.90. The summed E-state index contributed by atoms with van der Waals surface area (Å²) in [4.78, 5) is 26.2. The summed E-state index contributed by atoms with van der Waals surface area (Å²) < 4.78 is 11.3. The number of carbonyl (C=O) groups is 1. The third-order valence-electron chi connectivity index (χ3n) is 4.90. The van der Waals surface area contributed by atoms with E-state index in [4.69, 9.17) is 8.83 Å². The fourth-order valence-corrected chi connectivity index (χ4v) is 3.61. The molecule has 4 aromatic rings. The molecule has 0 spiro atoms. The van der Waals surface area contributed by atoms with Gasteiger partial charge in [0, 0.05) is 24.0 Å². The monoisotopic (exact) mass is 348 g/mol. The van der Waals surface area contributed by atoms with Crippen LogP contribution in [0.25, 0.3) is 11.0 Å². The Balaban J connectivity index is 1.66. The zero-order valence-electron chi connectivity index (χ0n) is 14.1. The second-order valence-corrected chi connectivity index (χ2v) is 6.42. The highest BCUT2D eigenvalue weighted by Crippen LogP contribution is 2.37. The predicted octanol–water partition coefficient (Wildman–Crippen LogP) is 3.24. The summed E-state index contributed by atoms with van der Waals surface area (Å²) in [5.41, 5.74) is 3.76. The topological polar surface area (TPSA) is 88.2 Å². The molecular formula is C19H16N4O3. The first-order valence-corrected chi connectivity index (χ1v) is 8.43. The molecule has 4 heterocycles. The number of imidazole rings is 1. The highest BCUT2D eigenvalue weighted by atomic mass is 16.4. The number of fused-ring (bicyclic) bond motifs is 2. The number of amides is 1. The molecule has 3 aromatic heterocycles. The van der Waals surface area contributed by atoms with Gasteiger partial charge in [-0.3, -0.25) is 4.79 Å². The molecule has 7 nitrogen and oxygen atoms in total. The first-order chi connectivity index (χ1) is 12.7. The van der Waals surface area contributed by atoms with Gasteiger partial charge >= 0.3 is 0 Å². The second-order valence-electron chi connectivity index (χ2n) is 6.42. The molecule has 1 N–H and O–H groups in total. The van der Waals surface area contributed by atoms with Crippen LogP contribution in [0.2, 0.25) is 0 Å². The van der Waals surface area contributed by atoms with E-state index < -0.39 is 6.04 Å². The van der Waals surface area contributed by atoms with Gasteiger partial charge in [0.05, 0.1) is 18.2 Å². The number of hydrogen-bond acceptors (Lipinski definition) is 5. The fraction of sp³-hybridized carbons (Fsp3) is 0.211. The van der Waals surface area contributed by atoms with E-state index in [2.05, 4.69) is 15.0 Å². The average molecular weight is 348 g/mol. The van der Waals surface area contributed by atoms with Crippen molar-refractivity contribution in [2.24, 2.45) is 0 Å². The number of oxazole rings is 1. The third kappa shape index (κ3) is 2.17. The largest absolute Gasteiger partial charge is 0.458 e. The van der Waals surface area contributed by atoms with E-state index in [1.165, 1.54) is 12.6 Å². The maximum atomic E-state index is 13.0. The van der Waals surface area contributed by atoms with Gasteiger partial charge in [-0.15, -0.1) is 0 Å². The van der Waals surface area contributed by atoms with Crippen molar-refractivity contribution in [3.8, 4) is 0 Å². The molecule has 1 aliphatic heterocycles. The molecule has 0 fully saturated rings. The van der Waals surface area contributed by atoms with Crippen LogP contribution < -0.4 is 0 Å². The number of nitrogens with one attached hydrogen (secondary N) is 1. The number of carbonyl (C=O) groups excluding carboxylic acids is 1. The molecule has 26 heavy (non-hydrogen) atoms. The van der Waals surface area contributed by atoms with Crippen molar-refractivity contribution in [1.29, 1.82) is 0 Å². The molecule has 0 saturated heterocycles. The van der Waals surface area contributed by atoms with Gasteiger partial charge in [0.25, 0.3) is 5.91 Å². The summed E-state index contributed by atoms with van der Waals surface area (Å²) in [5, 5.41) is 1.04. The van der Waals surface area contributed by atoms with Crippen LogP contribution in [-0.4, -0.2) is 32.3 Å². The van der Waals surface area contributed by atoms with Gasteiger partial charge < -0.3 is 18.7 Å². The summed E-state index contributed by atoms with van der Waals surface area (Å²) in [6.07, 6.45) is 5.05. The molecule has 0 saturated carbocycles. The Labute approximate surface area is 148 Å². The van der Waals surface area contributed by atoms with E-state index in [0.29, 0.717) is 18.7 Å². The maximum absolute atomic E-state index is 13.0. The van der Waals surface area contributed by atoms with Crippen molar-refractivity contribution in [1.82, 2.24) is 19.9 Å². The lowest BCUT2D eigenvalue weighted by Gasteiger charge is -2.33. The molecule has 1 amide bonds. The lowest BCUT2D eigenvalue weighted by molar-refractivity contribution is 0.0640. The second kappa shape index (κ2) is 5.59. The molecule has 1 atom stereocenters. The van der Waals surface area contributed by atoms with Crippen molar-refractivity contribution in [2.45, 2.75) is 19.4 Å². The summed E-state index contributed by atoms with van der Waals surface area (Å²) in [6.45, 7) is 2.58. The summed E-state index contributed by atoms with van der Waals surface area (Å²) in [6, 6.07) is 7.53. The minimum absolute atomic E-state index is 0.210. The maximum Gasteiger partial charge on any atom is 0.292 e. The van der Waals surface area contributed by atoms with Gasteiger partial charge in [-0.2, -0.15) is 0 Å². The highest BCUT2D eigenvalue weighted by molar-refractivity contribution is 5.92. The number of benzene rings is 1. The van der Waals surface area contributed by atoms with Gasteiger partial charge in [0.2, 0.25) is 5.76 Å². The summed E-state index contributed by atoms with van der Waals surface area (Å²) >= 11 is 0. The molecule has 0 radical (unpaired) electrons. The first kappa shape index (κ1) is 14.9. The standard InChI is InChI=1S/C19H16N4O3/c1-11-3-2-4-14-12(11)7-15(26-14)18-17-13(21-9-22-17)5-6-23(18)19(24)16-8-20-10-25-16/h2-4,7-10,18H,5-6H2,1H3,(H,21,22)/t18-/m1/s1. The van der Waals surface area contributed by atoms with E-state index in [-0.39, 0.29) is 11.7 Å². The van der Waals surface area contributed by atoms with Crippen molar-refractivity contribution in [3.05, 3.63) is 71.7 Å². The zero-order chi connectivity index (χ0) is 17.7. The molecule has 5 rings (SSSR count). The van der Waals surface area contributed by atoms with Crippen LogP contribution in [0.15, 0.2) is 52.0 Å². The van der Waals surface area contributed by atoms with Crippen molar-refractivity contribution < 1.29 is 13.6 Å². The number of rotatable bonds is 2. The molecule has 1 aliphatic rings. The molecular weight excluding hydrogens is 332 g/mol. The van der Waals surface area contributed by atoms with Gasteiger partial charge in [-0.1, -0.05) is 12.1 Å². The van der Waals surface area contributed by atoms with E-state index in [9.17, 15) is 4.79 Å². The Morgan fingerprint density at radius 3 is 3.12 bits per heavy atom. The Morgan fingerprint density at radius 1 is 1.38 bits per heavy atom. The van der Waals surface area contributed by atoms with E-state index in [0.717, 1.165) is 27.9 Å². The van der Waals surface area contributed by atoms with Crippen molar-refractivity contribution >= 4 is 16.9 Å². The van der Waals surface area contributed by atoms with Crippen LogP contribution in [0.4, 0.5) is 0 Å². The van der Waals surface area contributed by atoms with Crippen molar-refractivity contribution in [3.63, 3.8) is 0 Å². The quantitative estimate of drug-likeness (QED) is 0.601. The molecule has 0 unspecified atom stereocenters. The summed E-state index contributed by atoms with van der Waals surface area (Å²) in [5.74, 6) is 0.676. The highest BCUT2D eigenvalue weighted by Gasteiger charge is 2.37. The average Bonchev–Trinajstić information content (AvgIpc) is 3.39. The Kier molecular flexibility index (Phi) is 3.21. The predicted molar refractivity (Wildman–Crippen MR) is 92.6 cm³/mol. The minimum Gasteiger partial charge on any atom is -0.458 e. The Morgan fingerprint density at radius 2 is 2.31 bits per heavy atom. The summed E-state index contributed by atoms with van der Waals surface area (Å²) in [7, 11) is 0. The molecule has 7 heteroatoms. The zero-order valence-corrected chi connectivity index (χ0v) is 14.1. The van der Waals surface area contributed by atoms with Crippen LogP contribution in [0.1, 0.15) is 39.3 Å². The van der Waals surface area contributed by atoms with E-state index in [1.807, 2.05) is 31.2 Å². The number of aromatic nitrogens is 3. The van der Waals surface area contributed by atoms with Crippen LogP contribution in [0.3, 0.4) is 0 Å². The van der Waals surface area contributed by atoms with Crippen molar-refractivity contribution in [2.75, 3.05) is 6.54 Å². The lowest BCUT2D eigenvalue weighted by atomic mass is 9.99. The number of furan rings is 1. The fourth-order valence-electron chi connectivity index (χ4n) is 3.61. The molecule has 0 bridgehead atoms. The smallest absolute Gasteiger partial charge is 0.292 e. The molecule has 130 valence electrons. The van der Waals surface area contributed by atoms with Gasteiger partial charge in [-0.25, -0.2) is 9.97 Å².